The van der Waals surface area contributed by atoms with Crippen LogP contribution in [0.4, 0.5) is 4.79 Å². The van der Waals surface area contributed by atoms with Crippen molar-refractivity contribution in [3.63, 3.8) is 0 Å². The zero-order valence-corrected chi connectivity index (χ0v) is 11.1. The lowest BCUT2D eigenvalue weighted by molar-refractivity contribution is -0.137. The normalized spacial score (nSPS) is 19.7. The molecule has 19 heavy (non-hydrogen) atoms. The Labute approximate surface area is 112 Å². The van der Waals surface area contributed by atoms with Crippen LogP contribution in [0.1, 0.15) is 32.1 Å². The molecule has 1 rings (SSSR count). The Bertz CT molecular complexity index is 346. The lowest BCUT2D eigenvalue weighted by Crippen LogP contribution is -2.48. The van der Waals surface area contributed by atoms with Crippen LogP contribution in [0.25, 0.3) is 0 Å². The molecular formula is C12H21N3O4. The zero-order valence-electron chi connectivity index (χ0n) is 11.1. The summed E-state index contributed by atoms with van der Waals surface area (Å²) in [5.41, 5.74) is 0. The second kappa shape index (κ2) is 7.73. The highest BCUT2D eigenvalue weighted by molar-refractivity contribution is 5.95. The maximum Gasteiger partial charge on any atom is 0.321 e. The van der Waals surface area contributed by atoms with Gasteiger partial charge in [0.05, 0.1) is 6.54 Å². The molecule has 1 aliphatic rings. The van der Waals surface area contributed by atoms with Crippen LogP contribution >= 0.6 is 0 Å². The third-order valence-corrected chi connectivity index (χ3v) is 3.27. The number of nitrogens with one attached hydrogen (secondary N) is 2. The Balaban J connectivity index is 2.45. The van der Waals surface area contributed by atoms with Crippen LogP contribution in [0.15, 0.2) is 0 Å². The molecule has 1 atom stereocenters. The number of rotatable bonds is 5. The Morgan fingerprint density at radius 2 is 2.05 bits per heavy atom. The monoisotopic (exact) mass is 271 g/mol. The summed E-state index contributed by atoms with van der Waals surface area (Å²) in [5, 5.41) is 13.2. The quantitative estimate of drug-likeness (QED) is 0.661. The molecule has 7 nitrogen and oxygen atoms in total. The first kappa shape index (κ1) is 15.4. The second-order valence-corrected chi connectivity index (χ2v) is 4.68. The Morgan fingerprint density at radius 1 is 1.32 bits per heavy atom. The molecule has 0 aliphatic carbocycles. The molecule has 3 amide bonds. The van der Waals surface area contributed by atoms with E-state index in [2.05, 4.69) is 10.6 Å². The molecule has 1 fully saturated rings. The summed E-state index contributed by atoms with van der Waals surface area (Å²) in [6.07, 6.45) is 3.61. The van der Waals surface area contributed by atoms with Gasteiger partial charge in [-0.2, -0.15) is 0 Å². The van der Waals surface area contributed by atoms with Crippen LogP contribution in [0.5, 0.6) is 0 Å². The average Bonchev–Trinajstić information content (AvgIpc) is 2.37. The predicted octanol–water partition coefficient (Wildman–Crippen LogP) is 0.161. The molecule has 1 saturated heterocycles. The summed E-state index contributed by atoms with van der Waals surface area (Å²) in [5.74, 6) is -1.18. The summed E-state index contributed by atoms with van der Waals surface area (Å²) in [7, 11) is 1.44. The molecule has 1 heterocycles. The van der Waals surface area contributed by atoms with E-state index in [0.717, 1.165) is 25.8 Å². The van der Waals surface area contributed by atoms with Crippen molar-refractivity contribution in [2.75, 3.05) is 20.1 Å². The van der Waals surface area contributed by atoms with E-state index in [1.165, 1.54) is 7.05 Å². The van der Waals surface area contributed by atoms with Crippen molar-refractivity contribution in [2.24, 2.45) is 0 Å². The van der Waals surface area contributed by atoms with Gasteiger partial charge in [0.25, 0.3) is 0 Å². The average molecular weight is 271 g/mol. The summed E-state index contributed by atoms with van der Waals surface area (Å²) in [4.78, 5) is 35.2. The van der Waals surface area contributed by atoms with E-state index in [4.69, 9.17) is 5.11 Å². The van der Waals surface area contributed by atoms with Crippen LogP contribution in [0.2, 0.25) is 0 Å². The molecule has 0 aromatic rings. The van der Waals surface area contributed by atoms with E-state index in [1.54, 1.807) is 0 Å². The molecule has 0 bridgehead atoms. The molecule has 108 valence electrons. The van der Waals surface area contributed by atoms with Crippen molar-refractivity contribution < 1.29 is 19.5 Å². The molecule has 1 aliphatic heterocycles. The predicted molar refractivity (Wildman–Crippen MR) is 68.7 cm³/mol. The molecule has 0 aromatic carbocycles. The smallest absolute Gasteiger partial charge is 0.321 e. The maximum atomic E-state index is 11.6. The van der Waals surface area contributed by atoms with Gasteiger partial charge in [-0.3, -0.25) is 19.8 Å². The van der Waals surface area contributed by atoms with Crippen LogP contribution in [-0.2, 0) is 9.59 Å². The summed E-state index contributed by atoms with van der Waals surface area (Å²) in [6.45, 7) is 0.906. The first-order valence-corrected chi connectivity index (χ1v) is 6.50. The maximum absolute atomic E-state index is 11.6. The molecular weight excluding hydrogens is 250 g/mol. The minimum Gasteiger partial charge on any atom is -0.481 e. The van der Waals surface area contributed by atoms with Crippen LogP contribution < -0.4 is 10.6 Å². The largest absolute Gasteiger partial charge is 0.481 e. The first-order valence-electron chi connectivity index (χ1n) is 6.50. The third kappa shape index (κ3) is 5.69. The number of carboxylic acids is 1. The highest BCUT2D eigenvalue weighted by Crippen LogP contribution is 2.20. The van der Waals surface area contributed by atoms with Gasteiger partial charge in [0, 0.05) is 19.5 Å². The number of piperidine rings is 1. The number of hydrogen-bond donors (Lipinski definition) is 3. The number of carbonyl (C=O) groups is 3. The van der Waals surface area contributed by atoms with Gasteiger partial charge < -0.3 is 10.4 Å². The molecule has 1 unspecified atom stereocenters. The van der Waals surface area contributed by atoms with Crippen LogP contribution in [0.3, 0.4) is 0 Å². The van der Waals surface area contributed by atoms with Gasteiger partial charge in [-0.25, -0.2) is 4.79 Å². The van der Waals surface area contributed by atoms with E-state index in [9.17, 15) is 14.4 Å². The summed E-state index contributed by atoms with van der Waals surface area (Å²) < 4.78 is 0. The van der Waals surface area contributed by atoms with Gasteiger partial charge in [0.2, 0.25) is 5.91 Å². The second-order valence-electron chi connectivity index (χ2n) is 4.68. The highest BCUT2D eigenvalue weighted by atomic mass is 16.4. The fourth-order valence-corrected chi connectivity index (χ4v) is 2.30. The van der Waals surface area contributed by atoms with Crippen LogP contribution in [0, 0.1) is 0 Å². The van der Waals surface area contributed by atoms with Crippen molar-refractivity contribution in [2.45, 2.75) is 38.1 Å². The lowest BCUT2D eigenvalue weighted by atomic mass is 9.98. The van der Waals surface area contributed by atoms with Crippen LogP contribution in [-0.4, -0.2) is 54.1 Å². The Kier molecular flexibility index (Phi) is 6.27. The van der Waals surface area contributed by atoms with Gasteiger partial charge in [-0.1, -0.05) is 6.42 Å². The van der Waals surface area contributed by atoms with E-state index in [-0.39, 0.29) is 24.9 Å². The number of aliphatic carboxylic acids is 1. The van der Waals surface area contributed by atoms with Crippen molar-refractivity contribution in [3.8, 4) is 0 Å². The molecule has 0 spiro atoms. The van der Waals surface area contributed by atoms with Gasteiger partial charge in [-0.15, -0.1) is 0 Å². The number of hydrogen-bond acceptors (Lipinski definition) is 4. The fourth-order valence-electron chi connectivity index (χ4n) is 2.30. The van der Waals surface area contributed by atoms with Gasteiger partial charge in [0.1, 0.15) is 0 Å². The summed E-state index contributed by atoms with van der Waals surface area (Å²) >= 11 is 0. The van der Waals surface area contributed by atoms with Gasteiger partial charge in [-0.05, 0) is 25.8 Å². The number of likely N-dealkylation sites (tertiary alicyclic amines) is 1. The molecule has 0 saturated carbocycles. The van der Waals surface area contributed by atoms with E-state index in [0.29, 0.717) is 6.42 Å². The number of amides is 3. The number of carboxylic acid groups (broad SMARTS) is 1. The molecule has 0 radical (unpaired) electrons. The highest BCUT2D eigenvalue weighted by Gasteiger charge is 2.25. The Hall–Kier alpha value is -1.63. The number of urea groups is 1. The topological polar surface area (TPSA) is 98.7 Å². The van der Waals surface area contributed by atoms with Gasteiger partial charge >= 0.3 is 12.0 Å². The molecule has 7 heteroatoms. The third-order valence-electron chi connectivity index (χ3n) is 3.27. The van der Waals surface area contributed by atoms with Crippen molar-refractivity contribution in [3.05, 3.63) is 0 Å². The number of imide groups is 1. The van der Waals surface area contributed by atoms with Crippen molar-refractivity contribution in [1.82, 2.24) is 15.5 Å². The SMILES string of the molecule is CNC(=O)NC(=O)CN1CCCCC1CCC(=O)O. The van der Waals surface area contributed by atoms with Crippen molar-refractivity contribution in [1.29, 1.82) is 0 Å². The Morgan fingerprint density at radius 3 is 2.68 bits per heavy atom. The van der Waals surface area contributed by atoms with Gasteiger partial charge in [0.15, 0.2) is 0 Å². The lowest BCUT2D eigenvalue weighted by Gasteiger charge is -2.34. The van der Waals surface area contributed by atoms with E-state index >= 15 is 0 Å². The fraction of sp³-hybridized carbons (Fsp3) is 0.750. The molecule has 0 aromatic heterocycles. The minimum absolute atomic E-state index is 0.109. The first-order chi connectivity index (χ1) is 9.02. The number of carbonyl (C=O) groups excluding carboxylic acids is 2. The number of nitrogens with zero attached hydrogens (tertiary/aromatic N) is 1. The van der Waals surface area contributed by atoms with E-state index < -0.39 is 12.0 Å². The zero-order chi connectivity index (χ0) is 14.3. The van der Waals surface area contributed by atoms with E-state index in [1.807, 2.05) is 4.90 Å². The summed E-state index contributed by atoms with van der Waals surface area (Å²) in [6, 6.07) is -0.413. The molecule has 3 N–H and O–H groups in total. The minimum atomic E-state index is -0.819. The standard InChI is InChI=1S/C12H21N3O4/c1-13-12(19)14-10(16)8-15-7-3-2-4-9(15)5-6-11(17)18/h9H,2-8H2,1H3,(H,17,18)(H2,13,14,16,19). The van der Waals surface area contributed by atoms with Crippen molar-refractivity contribution >= 4 is 17.9 Å².